The Balaban J connectivity index is 2.36. The fourth-order valence-corrected chi connectivity index (χ4v) is 1.41. The van der Waals surface area contributed by atoms with Gasteiger partial charge in [-0.2, -0.15) is 0 Å². The van der Waals surface area contributed by atoms with Gasteiger partial charge < -0.3 is 4.74 Å². The minimum Gasteiger partial charge on any atom is -0.410 e. The summed E-state index contributed by atoms with van der Waals surface area (Å²) in [6, 6.07) is 7.51. The number of carbonyl (C=O) groups excluding carboxylic acids is 1. The molecule has 0 spiro atoms. The lowest BCUT2D eigenvalue weighted by atomic mass is 10.1. The third-order valence-electron chi connectivity index (χ3n) is 2.18. The van der Waals surface area contributed by atoms with Gasteiger partial charge in [0.25, 0.3) is 0 Å². The normalized spacial score (nSPS) is 14.6. The van der Waals surface area contributed by atoms with Crippen molar-refractivity contribution in [2.75, 3.05) is 0 Å². The van der Waals surface area contributed by atoms with Crippen LogP contribution in [0.15, 0.2) is 36.5 Å². The predicted molar refractivity (Wildman–Crippen MR) is 52.8 cm³/mol. The minimum absolute atomic E-state index is 0.351. The molecule has 72 valence electrons. The van der Waals surface area contributed by atoms with Gasteiger partial charge in [0.05, 0.1) is 6.54 Å². The van der Waals surface area contributed by atoms with Crippen molar-refractivity contribution in [3.05, 3.63) is 42.1 Å². The highest BCUT2D eigenvalue weighted by Crippen LogP contribution is 2.26. The molecule has 0 saturated carbocycles. The molecular formula is C11H11NO2. The molecule has 0 atom stereocenters. The monoisotopic (exact) mass is 189 g/mol. The van der Waals surface area contributed by atoms with Gasteiger partial charge in [-0.05, 0) is 13.0 Å². The van der Waals surface area contributed by atoms with Crippen LogP contribution in [-0.2, 0) is 6.54 Å². The van der Waals surface area contributed by atoms with E-state index < -0.39 is 0 Å². The molecule has 0 N–H and O–H groups in total. The third kappa shape index (κ3) is 1.37. The summed E-state index contributed by atoms with van der Waals surface area (Å²) in [4.78, 5) is 13.0. The van der Waals surface area contributed by atoms with Crippen molar-refractivity contribution in [2.24, 2.45) is 0 Å². The van der Waals surface area contributed by atoms with Gasteiger partial charge in [0.15, 0.2) is 0 Å². The molecule has 0 aliphatic carbocycles. The number of hydrogen-bond acceptors (Lipinski definition) is 2. The van der Waals surface area contributed by atoms with Gasteiger partial charge in [0.2, 0.25) is 0 Å². The molecule has 0 unspecified atom stereocenters. The zero-order valence-electron chi connectivity index (χ0n) is 7.99. The number of ether oxygens (including phenoxy) is 1. The van der Waals surface area contributed by atoms with Gasteiger partial charge in [0, 0.05) is 11.3 Å². The van der Waals surface area contributed by atoms with E-state index in [0.29, 0.717) is 18.0 Å². The van der Waals surface area contributed by atoms with Gasteiger partial charge in [-0.15, -0.1) is 0 Å². The Kier molecular flexibility index (Phi) is 2.00. The number of amides is 1. The van der Waals surface area contributed by atoms with E-state index in [1.165, 1.54) is 4.90 Å². The number of allylic oxidation sites excluding steroid dienone is 1. The first-order valence-electron chi connectivity index (χ1n) is 4.41. The zero-order valence-corrected chi connectivity index (χ0v) is 7.99. The smallest absolute Gasteiger partial charge is 0.410 e. The van der Waals surface area contributed by atoms with E-state index in [2.05, 4.69) is 6.58 Å². The molecule has 0 aromatic heterocycles. The van der Waals surface area contributed by atoms with E-state index >= 15 is 0 Å². The van der Waals surface area contributed by atoms with Crippen LogP contribution in [0.5, 0.6) is 5.75 Å². The summed E-state index contributed by atoms with van der Waals surface area (Å²) in [6.45, 7) is 6.06. The summed E-state index contributed by atoms with van der Waals surface area (Å²) in [7, 11) is 0. The molecule has 0 saturated heterocycles. The van der Waals surface area contributed by atoms with Crippen LogP contribution in [0.2, 0.25) is 0 Å². The highest BCUT2D eigenvalue weighted by Gasteiger charge is 2.24. The van der Waals surface area contributed by atoms with Crippen LogP contribution in [0.4, 0.5) is 4.79 Å². The lowest BCUT2D eigenvalue weighted by molar-refractivity contribution is 0.153. The maximum atomic E-state index is 11.4. The topological polar surface area (TPSA) is 29.5 Å². The van der Waals surface area contributed by atoms with Crippen LogP contribution in [0, 0.1) is 0 Å². The fourth-order valence-electron chi connectivity index (χ4n) is 1.41. The van der Waals surface area contributed by atoms with Gasteiger partial charge in [-0.1, -0.05) is 24.8 Å². The Hall–Kier alpha value is -1.77. The lowest BCUT2D eigenvalue weighted by Gasteiger charge is -2.27. The molecule has 3 nitrogen and oxygen atoms in total. The van der Waals surface area contributed by atoms with Gasteiger partial charge in [-0.3, -0.25) is 4.90 Å². The standard InChI is InChI=1S/C11H11NO2/c1-8(2)12-7-9-5-3-4-6-10(9)14-11(12)13/h3-6H,1,7H2,2H3. The molecule has 0 radical (unpaired) electrons. The molecular weight excluding hydrogens is 178 g/mol. The first-order chi connectivity index (χ1) is 6.68. The van der Waals surface area contributed by atoms with Crippen LogP contribution in [-0.4, -0.2) is 11.0 Å². The molecule has 1 aliphatic rings. The average molecular weight is 189 g/mol. The van der Waals surface area contributed by atoms with Crippen molar-refractivity contribution in [2.45, 2.75) is 13.5 Å². The minimum atomic E-state index is -0.351. The van der Waals surface area contributed by atoms with Crippen molar-refractivity contribution in [3.8, 4) is 5.75 Å². The van der Waals surface area contributed by atoms with Crippen LogP contribution in [0.25, 0.3) is 0 Å². The van der Waals surface area contributed by atoms with Crippen LogP contribution >= 0.6 is 0 Å². The molecule has 1 aromatic carbocycles. The van der Waals surface area contributed by atoms with E-state index in [0.717, 1.165) is 5.56 Å². The molecule has 2 rings (SSSR count). The second-order valence-electron chi connectivity index (χ2n) is 3.30. The summed E-state index contributed by atoms with van der Waals surface area (Å²) in [5.41, 5.74) is 1.71. The highest BCUT2D eigenvalue weighted by molar-refractivity contribution is 5.75. The first-order valence-corrected chi connectivity index (χ1v) is 4.41. The summed E-state index contributed by atoms with van der Waals surface area (Å²) < 4.78 is 5.13. The number of fused-ring (bicyclic) bond motifs is 1. The number of nitrogens with zero attached hydrogens (tertiary/aromatic N) is 1. The molecule has 1 heterocycles. The number of benzene rings is 1. The first kappa shape index (κ1) is 8.81. The maximum Gasteiger partial charge on any atom is 0.419 e. The van der Waals surface area contributed by atoms with Crippen LogP contribution < -0.4 is 4.74 Å². The van der Waals surface area contributed by atoms with Crippen molar-refractivity contribution >= 4 is 6.09 Å². The van der Waals surface area contributed by atoms with E-state index in [1.54, 1.807) is 13.0 Å². The quantitative estimate of drug-likeness (QED) is 0.679. The van der Waals surface area contributed by atoms with Crippen molar-refractivity contribution < 1.29 is 9.53 Å². The SMILES string of the molecule is C=C(C)N1Cc2ccccc2OC1=O. The summed E-state index contributed by atoms with van der Waals surface area (Å²) >= 11 is 0. The largest absolute Gasteiger partial charge is 0.419 e. The zero-order chi connectivity index (χ0) is 10.1. The van der Waals surface area contributed by atoms with Crippen molar-refractivity contribution in [1.82, 2.24) is 4.90 Å². The van der Waals surface area contributed by atoms with Gasteiger partial charge >= 0.3 is 6.09 Å². The Labute approximate surface area is 82.6 Å². The number of rotatable bonds is 1. The molecule has 1 amide bonds. The van der Waals surface area contributed by atoms with Crippen molar-refractivity contribution in [1.29, 1.82) is 0 Å². The highest BCUT2D eigenvalue weighted by atomic mass is 16.6. The molecule has 1 aromatic rings. The van der Waals surface area contributed by atoms with E-state index in [-0.39, 0.29) is 6.09 Å². The molecule has 0 bridgehead atoms. The molecule has 14 heavy (non-hydrogen) atoms. The summed E-state index contributed by atoms with van der Waals surface area (Å²) in [6.07, 6.45) is -0.351. The number of para-hydroxylation sites is 1. The Bertz CT molecular complexity index is 398. The van der Waals surface area contributed by atoms with Crippen LogP contribution in [0.3, 0.4) is 0 Å². The van der Waals surface area contributed by atoms with E-state index in [4.69, 9.17) is 4.74 Å². The van der Waals surface area contributed by atoms with Crippen LogP contribution in [0.1, 0.15) is 12.5 Å². The Morgan fingerprint density at radius 2 is 2.21 bits per heavy atom. The van der Waals surface area contributed by atoms with Gasteiger partial charge in [0.1, 0.15) is 5.75 Å². The van der Waals surface area contributed by atoms with E-state index in [9.17, 15) is 4.79 Å². The fraction of sp³-hybridized carbons (Fsp3) is 0.182. The number of hydrogen-bond donors (Lipinski definition) is 0. The molecule has 1 aliphatic heterocycles. The second-order valence-corrected chi connectivity index (χ2v) is 3.30. The predicted octanol–water partition coefficient (Wildman–Crippen LogP) is 2.53. The summed E-state index contributed by atoms with van der Waals surface area (Å²) in [5.74, 6) is 0.648. The average Bonchev–Trinajstić information content (AvgIpc) is 2.16. The summed E-state index contributed by atoms with van der Waals surface area (Å²) in [5, 5.41) is 0. The van der Waals surface area contributed by atoms with Crippen molar-refractivity contribution in [3.63, 3.8) is 0 Å². The number of carbonyl (C=O) groups is 1. The maximum absolute atomic E-state index is 11.4. The molecule has 3 heteroatoms. The second kappa shape index (κ2) is 3.18. The third-order valence-corrected chi connectivity index (χ3v) is 2.18. The Morgan fingerprint density at radius 1 is 1.50 bits per heavy atom. The van der Waals surface area contributed by atoms with Gasteiger partial charge in [-0.25, -0.2) is 4.79 Å². The Morgan fingerprint density at radius 3 is 2.93 bits per heavy atom. The molecule has 0 fully saturated rings. The lowest BCUT2D eigenvalue weighted by Crippen LogP contribution is -2.35. The van der Waals surface area contributed by atoms with E-state index in [1.807, 2.05) is 18.2 Å².